The Bertz CT molecular complexity index is 331. The third-order valence-corrected chi connectivity index (χ3v) is 2.59. The number of hydrogen-bond donors (Lipinski definition) is 1. The molecule has 2 nitrogen and oxygen atoms in total. The maximum Gasteiger partial charge on any atom is 0.254 e. The molecule has 0 spiro atoms. The number of methoxy groups -OCH3 is 1. The zero-order valence-electron chi connectivity index (χ0n) is 10.2. The van der Waals surface area contributed by atoms with E-state index in [1.165, 1.54) is 0 Å². The predicted octanol–water partition coefficient (Wildman–Crippen LogP) is 2.87. The van der Waals surface area contributed by atoms with Crippen LogP contribution in [0.2, 0.25) is 0 Å². The highest BCUT2D eigenvalue weighted by atomic mass is 19.3. The molecule has 4 heteroatoms. The number of nitrogens with one attached hydrogen (secondary N) is 1. The first-order valence-electron chi connectivity index (χ1n) is 5.82. The summed E-state index contributed by atoms with van der Waals surface area (Å²) in [7, 11) is 1.55. The maximum atomic E-state index is 12.8. The lowest BCUT2D eigenvalue weighted by Gasteiger charge is -2.18. The van der Waals surface area contributed by atoms with Gasteiger partial charge in [-0.1, -0.05) is 25.1 Å². The Morgan fingerprint density at radius 3 is 2.59 bits per heavy atom. The molecule has 1 aromatic rings. The number of halogens is 2. The summed E-state index contributed by atoms with van der Waals surface area (Å²) in [5.41, 5.74) is 0.809. The fourth-order valence-electron chi connectivity index (χ4n) is 1.69. The highest BCUT2D eigenvalue weighted by Crippen LogP contribution is 2.20. The molecular formula is C13H19F2NO. The van der Waals surface area contributed by atoms with Gasteiger partial charge in [0.2, 0.25) is 0 Å². The molecule has 0 bridgehead atoms. The molecule has 0 aliphatic rings. The van der Waals surface area contributed by atoms with E-state index < -0.39 is 12.5 Å². The molecule has 0 heterocycles. The minimum Gasteiger partial charge on any atom is -0.496 e. The second-order valence-corrected chi connectivity index (χ2v) is 3.91. The average Bonchev–Trinajstić information content (AvgIpc) is 2.34. The third-order valence-electron chi connectivity index (χ3n) is 2.59. The van der Waals surface area contributed by atoms with Crippen LogP contribution in [0.3, 0.4) is 0 Å². The molecule has 0 aromatic heterocycles. The van der Waals surface area contributed by atoms with Crippen molar-refractivity contribution in [2.45, 2.75) is 32.2 Å². The average molecular weight is 243 g/mol. The molecule has 1 unspecified atom stereocenters. The van der Waals surface area contributed by atoms with Crippen LogP contribution in [0.4, 0.5) is 8.78 Å². The van der Waals surface area contributed by atoms with E-state index in [0.717, 1.165) is 12.0 Å². The molecule has 0 saturated heterocycles. The Balaban J connectivity index is 2.71. The molecule has 1 atom stereocenters. The molecule has 0 amide bonds. The van der Waals surface area contributed by atoms with Crippen molar-refractivity contribution in [1.82, 2.24) is 5.32 Å². The molecular weight excluding hydrogens is 224 g/mol. The molecule has 0 fully saturated rings. The highest BCUT2D eigenvalue weighted by molar-refractivity contribution is 5.33. The Hall–Kier alpha value is -1.16. The van der Waals surface area contributed by atoms with Crippen LogP contribution < -0.4 is 10.1 Å². The van der Waals surface area contributed by atoms with E-state index in [0.29, 0.717) is 12.3 Å². The van der Waals surface area contributed by atoms with Gasteiger partial charge in [0.15, 0.2) is 0 Å². The van der Waals surface area contributed by atoms with E-state index in [-0.39, 0.29) is 6.42 Å². The molecule has 0 aliphatic heterocycles. The van der Waals surface area contributed by atoms with E-state index in [9.17, 15) is 8.78 Å². The second-order valence-electron chi connectivity index (χ2n) is 3.91. The zero-order valence-corrected chi connectivity index (χ0v) is 10.2. The molecule has 0 saturated carbocycles. The van der Waals surface area contributed by atoms with E-state index >= 15 is 0 Å². The summed E-state index contributed by atoms with van der Waals surface area (Å²) < 4.78 is 30.8. The SMILES string of the molecule is CCCNC(Cc1ccccc1OC)C(F)F. The molecule has 1 rings (SSSR count). The molecule has 1 aromatic carbocycles. The predicted molar refractivity (Wildman–Crippen MR) is 64.8 cm³/mol. The Kier molecular flexibility index (Phi) is 5.91. The van der Waals surface area contributed by atoms with Crippen molar-refractivity contribution in [2.75, 3.05) is 13.7 Å². The van der Waals surface area contributed by atoms with E-state index in [1.807, 2.05) is 25.1 Å². The van der Waals surface area contributed by atoms with Crippen LogP contribution in [0, 0.1) is 0 Å². The number of ether oxygens (including phenoxy) is 1. The van der Waals surface area contributed by atoms with Crippen LogP contribution >= 0.6 is 0 Å². The van der Waals surface area contributed by atoms with E-state index in [4.69, 9.17) is 4.74 Å². The van der Waals surface area contributed by atoms with Crippen molar-refractivity contribution >= 4 is 0 Å². The normalized spacial score (nSPS) is 12.8. The minimum absolute atomic E-state index is 0.279. The van der Waals surface area contributed by atoms with E-state index in [1.54, 1.807) is 13.2 Å². The maximum absolute atomic E-state index is 12.8. The van der Waals surface area contributed by atoms with Crippen LogP contribution in [0.25, 0.3) is 0 Å². The Labute approximate surface area is 101 Å². The fraction of sp³-hybridized carbons (Fsp3) is 0.538. The summed E-state index contributed by atoms with van der Waals surface area (Å²) in [5, 5.41) is 2.86. The number of benzene rings is 1. The Morgan fingerprint density at radius 1 is 1.29 bits per heavy atom. The topological polar surface area (TPSA) is 21.3 Å². The molecule has 96 valence electrons. The van der Waals surface area contributed by atoms with Crippen LogP contribution in [0.5, 0.6) is 5.75 Å². The number of alkyl halides is 2. The van der Waals surface area contributed by atoms with Crippen molar-refractivity contribution in [1.29, 1.82) is 0 Å². The Morgan fingerprint density at radius 2 is 2.00 bits per heavy atom. The van der Waals surface area contributed by atoms with Gasteiger partial charge < -0.3 is 10.1 Å². The zero-order chi connectivity index (χ0) is 12.7. The second kappa shape index (κ2) is 7.22. The van der Waals surface area contributed by atoms with Gasteiger partial charge >= 0.3 is 0 Å². The van der Waals surface area contributed by atoms with Crippen molar-refractivity contribution in [3.63, 3.8) is 0 Å². The van der Waals surface area contributed by atoms with Crippen molar-refractivity contribution in [2.24, 2.45) is 0 Å². The first kappa shape index (κ1) is 13.9. The lowest BCUT2D eigenvalue weighted by molar-refractivity contribution is 0.0980. The fourth-order valence-corrected chi connectivity index (χ4v) is 1.69. The summed E-state index contributed by atoms with van der Waals surface area (Å²) in [6.45, 7) is 2.56. The lowest BCUT2D eigenvalue weighted by atomic mass is 10.0. The van der Waals surface area contributed by atoms with Gasteiger partial charge in [-0.05, 0) is 31.0 Å². The van der Waals surface area contributed by atoms with Gasteiger partial charge in [0.1, 0.15) is 5.75 Å². The first-order valence-corrected chi connectivity index (χ1v) is 5.82. The standard InChI is InChI=1S/C13H19F2NO/c1-3-8-16-11(13(14)15)9-10-6-4-5-7-12(10)17-2/h4-7,11,13,16H,3,8-9H2,1-2H3. The van der Waals surface area contributed by atoms with Crippen LogP contribution in [-0.2, 0) is 6.42 Å². The number of hydrogen-bond acceptors (Lipinski definition) is 2. The van der Waals surface area contributed by atoms with Gasteiger partial charge in [0.05, 0.1) is 13.2 Å². The smallest absolute Gasteiger partial charge is 0.254 e. The van der Waals surface area contributed by atoms with E-state index in [2.05, 4.69) is 5.32 Å². The minimum atomic E-state index is -2.37. The number of para-hydroxylation sites is 1. The molecule has 0 aliphatic carbocycles. The van der Waals surface area contributed by atoms with Gasteiger partial charge in [-0.3, -0.25) is 0 Å². The molecule has 0 radical (unpaired) electrons. The van der Waals surface area contributed by atoms with Crippen molar-refractivity contribution in [3.05, 3.63) is 29.8 Å². The van der Waals surface area contributed by atoms with Gasteiger partial charge in [0.25, 0.3) is 6.43 Å². The lowest BCUT2D eigenvalue weighted by Crippen LogP contribution is -2.38. The quantitative estimate of drug-likeness (QED) is 0.795. The summed E-state index contributed by atoms with van der Waals surface area (Å²) in [6, 6.07) is 6.46. The summed E-state index contributed by atoms with van der Waals surface area (Å²) in [4.78, 5) is 0. The van der Waals surface area contributed by atoms with Gasteiger partial charge in [-0.15, -0.1) is 0 Å². The molecule has 17 heavy (non-hydrogen) atoms. The number of rotatable bonds is 7. The van der Waals surface area contributed by atoms with Crippen LogP contribution in [0.15, 0.2) is 24.3 Å². The first-order chi connectivity index (χ1) is 8.19. The summed E-state index contributed by atoms with van der Waals surface area (Å²) >= 11 is 0. The van der Waals surface area contributed by atoms with Gasteiger partial charge in [-0.25, -0.2) is 8.78 Å². The summed E-state index contributed by atoms with van der Waals surface area (Å²) in [5.74, 6) is 0.663. The van der Waals surface area contributed by atoms with Crippen LogP contribution in [0.1, 0.15) is 18.9 Å². The monoisotopic (exact) mass is 243 g/mol. The van der Waals surface area contributed by atoms with Crippen molar-refractivity contribution < 1.29 is 13.5 Å². The molecule has 1 N–H and O–H groups in total. The highest BCUT2D eigenvalue weighted by Gasteiger charge is 2.21. The third kappa shape index (κ3) is 4.30. The van der Waals surface area contributed by atoms with Crippen LogP contribution in [-0.4, -0.2) is 26.1 Å². The van der Waals surface area contributed by atoms with Gasteiger partial charge in [0, 0.05) is 0 Å². The van der Waals surface area contributed by atoms with Crippen molar-refractivity contribution in [3.8, 4) is 5.75 Å². The van der Waals surface area contributed by atoms with Gasteiger partial charge in [-0.2, -0.15) is 0 Å². The largest absolute Gasteiger partial charge is 0.496 e. The summed E-state index contributed by atoms with van der Waals surface area (Å²) in [6.07, 6.45) is -1.25.